The Morgan fingerprint density at radius 1 is 0.429 bits per heavy atom. The maximum absolute atomic E-state index is 15.6. The molecule has 0 spiro atoms. The zero-order valence-electron chi connectivity index (χ0n) is 38.1. The van der Waals surface area contributed by atoms with Gasteiger partial charge in [0.25, 0.3) is 5.91 Å². The molecule has 1 atom stereocenters. The number of esters is 2. The number of carbonyl (C=O) groups is 4. The van der Waals surface area contributed by atoms with Gasteiger partial charge < -0.3 is 34.1 Å². The molecule has 0 saturated heterocycles. The Kier molecular flexibility index (Phi) is 16.1. The first-order chi connectivity index (χ1) is 34.3. The van der Waals surface area contributed by atoms with E-state index in [1.165, 1.54) is 18.2 Å². The summed E-state index contributed by atoms with van der Waals surface area (Å²) in [6.45, 7) is -0.267. The molecule has 8 aromatic rings. The fourth-order valence-corrected chi connectivity index (χ4v) is 7.53. The second-order valence-electron chi connectivity index (χ2n) is 16.2. The number of phenolic OH excluding ortho intramolecular Hbond substituents is 1. The Morgan fingerprint density at radius 3 is 1.41 bits per heavy atom. The zero-order valence-corrected chi connectivity index (χ0v) is 38.1. The van der Waals surface area contributed by atoms with E-state index in [1.54, 1.807) is 66.7 Å². The van der Waals surface area contributed by atoms with Gasteiger partial charge >= 0.3 is 11.9 Å². The van der Waals surface area contributed by atoms with Crippen molar-refractivity contribution in [1.82, 2.24) is 5.32 Å². The summed E-state index contributed by atoms with van der Waals surface area (Å²) in [5, 5.41) is 12.9. The average Bonchev–Trinajstić information content (AvgIpc) is 3.41. The van der Waals surface area contributed by atoms with Gasteiger partial charge in [0.2, 0.25) is 5.78 Å². The highest BCUT2D eigenvalue weighted by Crippen LogP contribution is 2.38. The largest absolute Gasteiger partial charge is 0.508 e. The minimum Gasteiger partial charge on any atom is -0.508 e. The Labute approximate surface area is 405 Å². The summed E-state index contributed by atoms with van der Waals surface area (Å²) in [6.07, 6.45) is 0.262. The van der Waals surface area contributed by atoms with Gasteiger partial charge in [0, 0.05) is 5.56 Å². The van der Waals surface area contributed by atoms with Crippen molar-refractivity contribution in [2.24, 2.45) is 0 Å². The lowest BCUT2D eigenvalue weighted by atomic mass is 9.94. The minimum atomic E-state index is -0.797. The topological polar surface area (TPSA) is 147 Å². The van der Waals surface area contributed by atoms with Crippen molar-refractivity contribution in [2.45, 2.75) is 38.9 Å². The summed E-state index contributed by atoms with van der Waals surface area (Å²) in [6, 6.07) is 59.2. The molecule has 8 rings (SSSR count). The first-order valence-electron chi connectivity index (χ1n) is 22.7. The molecule has 0 fully saturated rings. The van der Waals surface area contributed by atoms with Gasteiger partial charge in [-0.15, -0.1) is 0 Å². The van der Waals surface area contributed by atoms with Gasteiger partial charge in [0.1, 0.15) is 61.6 Å². The van der Waals surface area contributed by atoms with Crippen LogP contribution in [0.5, 0.6) is 23.0 Å². The molecule has 0 aromatic heterocycles. The molecule has 0 saturated carbocycles. The van der Waals surface area contributed by atoms with Gasteiger partial charge in [-0.1, -0.05) is 158 Å². The molecule has 0 aliphatic rings. The summed E-state index contributed by atoms with van der Waals surface area (Å²) in [5.41, 5.74) is 4.04. The van der Waals surface area contributed by atoms with Gasteiger partial charge in [0.05, 0.1) is 22.7 Å². The molecule has 2 N–H and O–H groups in total. The number of rotatable bonds is 21. The van der Waals surface area contributed by atoms with Gasteiger partial charge in [-0.3, -0.25) is 9.59 Å². The van der Waals surface area contributed by atoms with Gasteiger partial charge in [0.15, 0.2) is 0 Å². The van der Waals surface area contributed by atoms with E-state index in [0.717, 1.165) is 27.8 Å². The predicted molar refractivity (Wildman–Crippen MR) is 264 cm³/mol. The number of hydrogen-bond acceptors (Lipinski definition) is 10. The van der Waals surface area contributed by atoms with Crippen LogP contribution in [0.1, 0.15) is 74.8 Å². The molecule has 0 heterocycles. The van der Waals surface area contributed by atoms with Crippen molar-refractivity contribution in [3.63, 3.8) is 0 Å². The Bertz CT molecular complexity index is 2940. The molecule has 0 aliphatic heterocycles. The van der Waals surface area contributed by atoms with E-state index < -0.39 is 23.8 Å². The van der Waals surface area contributed by atoms with Crippen LogP contribution in [0.15, 0.2) is 206 Å². The lowest BCUT2D eigenvalue weighted by molar-refractivity contribution is 0.0453. The molecule has 11 heteroatoms. The maximum atomic E-state index is 15.6. The zero-order chi connectivity index (χ0) is 48.5. The highest BCUT2D eigenvalue weighted by Gasteiger charge is 2.31. The predicted octanol–water partition coefficient (Wildman–Crippen LogP) is 10.9. The fourth-order valence-electron chi connectivity index (χ4n) is 7.53. The number of ether oxygens (including phenoxy) is 5. The van der Waals surface area contributed by atoms with Crippen molar-refractivity contribution in [1.29, 1.82) is 0 Å². The number of benzene rings is 8. The Hall–Kier alpha value is -8.96. The van der Waals surface area contributed by atoms with E-state index >= 15 is 4.79 Å². The molecule has 11 nitrogen and oxygen atoms in total. The molecule has 350 valence electrons. The normalized spacial score (nSPS) is 11.1. The van der Waals surface area contributed by atoms with Gasteiger partial charge in [-0.2, -0.15) is 0 Å². The lowest BCUT2D eigenvalue weighted by Crippen LogP contribution is -2.40. The van der Waals surface area contributed by atoms with E-state index in [1.807, 2.05) is 121 Å². The quantitative estimate of drug-likeness (QED) is 0.0527. The highest BCUT2D eigenvalue weighted by molar-refractivity contribution is 6.19. The number of aromatic hydroxyl groups is 1. The maximum Gasteiger partial charge on any atom is 0.339 e. The van der Waals surface area contributed by atoms with Crippen molar-refractivity contribution in [3.05, 3.63) is 262 Å². The first-order valence-corrected chi connectivity index (χ1v) is 22.7. The molecule has 0 radical (unpaired) electrons. The highest BCUT2D eigenvalue weighted by atomic mass is 16.5. The van der Waals surface area contributed by atoms with Crippen LogP contribution in [0.4, 0.5) is 0 Å². The van der Waals surface area contributed by atoms with Crippen LogP contribution in [0, 0.1) is 0 Å². The van der Waals surface area contributed by atoms with Crippen molar-refractivity contribution in [2.75, 3.05) is 6.61 Å². The number of amides is 1. The number of hydrogen-bond donors (Lipinski definition) is 2. The van der Waals surface area contributed by atoms with E-state index in [2.05, 4.69) is 5.32 Å². The minimum absolute atomic E-state index is 0.0171. The van der Waals surface area contributed by atoms with Crippen LogP contribution in [-0.4, -0.2) is 41.4 Å². The van der Waals surface area contributed by atoms with Crippen LogP contribution in [0.2, 0.25) is 0 Å². The Morgan fingerprint density at radius 2 is 0.900 bits per heavy atom. The number of carbonyl (C=O) groups excluding carboxylic acids is 4. The van der Waals surface area contributed by atoms with Crippen molar-refractivity contribution < 1.29 is 48.0 Å². The Balaban J connectivity index is 1.19. The third-order valence-corrected chi connectivity index (χ3v) is 11.1. The first kappa shape index (κ1) is 47.5. The van der Waals surface area contributed by atoms with E-state index in [9.17, 15) is 19.5 Å². The number of phenols is 1. The summed E-state index contributed by atoms with van der Waals surface area (Å²) in [7, 11) is 0. The summed E-state index contributed by atoms with van der Waals surface area (Å²) < 4.78 is 31.1. The molecule has 70 heavy (non-hydrogen) atoms. The molecule has 1 unspecified atom stereocenters. The second kappa shape index (κ2) is 23.7. The third kappa shape index (κ3) is 12.9. The van der Waals surface area contributed by atoms with Gasteiger partial charge in [-0.25, -0.2) is 9.59 Å². The molecule has 0 bridgehead atoms. The van der Waals surface area contributed by atoms with Crippen LogP contribution >= 0.6 is 0 Å². The number of nitrogens with one attached hydrogen (secondary N) is 1. The summed E-state index contributed by atoms with van der Waals surface area (Å²) in [4.78, 5) is 57.6. The molecular formula is C59H49NO10. The van der Waals surface area contributed by atoms with Crippen LogP contribution in [0.25, 0.3) is 0 Å². The molecular weight excluding hydrogens is 883 g/mol. The lowest BCUT2D eigenvalue weighted by Gasteiger charge is -2.21. The van der Waals surface area contributed by atoms with E-state index in [-0.39, 0.29) is 90.6 Å². The molecule has 0 aliphatic carbocycles. The van der Waals surface area contributed by atoms with E-state index in [0.29, 0.717) is 5.56 Å². The van der Waals surface area contributed by atoms with Crippen LogP contribution in [-0.2, 0) is 42.3 Å². The number of ketones is 1. The third-order valence-electron chi connectivity index (χ3n) is 11.1. The molecule has 8 aromatic carbocycles. The standard InChI is InChI=1S/C59H49NO10/c61-49-31-29-41(30-32-49)33-48(60-57(63)46-25-14-5-15-26-46)40-70-58(64)47-34-52(67-37-43-19-8-2-9-20-43)55(53(35-47)68-38-44-21-10-3-11-22-44)56(62)54-50(59(65)69-39-45-23-12-4-13-24-45)27-16-28-51(54)66-36-42-17-6-1-7-18-42/h1-32,34-35,48,61H,33,36-40H2,(H,60,63). The van der Waals surface area contributed by atoms with Crippen LogP contribution in [0.3, 0.4) is 0 Å². The fraction of sp³-hybridized carbons (Fsp3) is 0.119. The average molecular weight is 932 g/mol. The van der Waals surface area contributed by atoms with E-state index in [4.69, 9.17) is 23.7 Å². The monoisotopic (exact) mass is 931 g/mol. The van der Waals surface area contributed by atoms with Crippen molar-refractivity contribution >= 4 is 23.6 Å². The molecule has 1 amide bonds. The second-order valence-corrected chi connectivity index (χ2v) is 16.2. The SMILES string of the molecule is O=C(NC(COC(=O)c1cc(OCc2ccccc2)c(C(=O)c2c(OCc3ccccc3)cccc2C(=O)OCc2ccccc2)c(OCc2ccccc2)c1)Cc1ccc(O)cc1)c1ccccc1. The smallest absolute Gasteiger partial charge is 0.339 e. The summed E-state index contributed by atoms with van der Waals surface area (Å²) >= 11 is 0. The van der Waals surface area contributed by atoms with Gasteiger partial charge in [-0.05, 0) is 82.8 Å². The van der Waals surface area contributed by atoms with Crippen LogP contribution < -0.4 is 19.5 Å². The summed E-state index contributed by atoms with van der Waals surface area (Å²) in [5.74, 6) is -2.51. The van der Waals surface area contributed by atoms with Crippen molar-refractivity contribution in [3.8, 4) is 23.0 Å².